The smallest absolute Gasteiger partial charge is 0.340 e. The molecule has 0 spiro atoms. The lowest BCUT2D eigenvalue weighted by Crippen LogP contribution is -2.52. The van der Waals surface area contributed by atoms with Gasteiger partial charge in [0.2, 0.25) is 5.54 Å². The zero-order valence-corrected chi connectivity index (χ0v) is 30.4. The van der Waals surface area contributed by atoms with E-state index in [1.54, 1.807) is 63.5 Å². The van der Waals surface area contributed by atoms with Crippen molar-refractivity contribution < 1.29 is 38.2 Å². The van der Waals surface area contributed by atoms with Crippen molar-refractivity contribution in [2.45, 2.75) is 45.8 Å². The molecule has 1 heterocycles. The molecule has 5 rings (SSSR count). The molecule has 4 aromatic rings. The Morgan fingerprint density at radius 1 is 0.865 bits per heavy atom. The Kier molecular flexibility index (Phi) is 11.1. The van der Waals surface area contributed by atoms with Crippen LogP contribution in [0.5, 0.6) is 5.75 Å². The number of fused-ring (bicyclic) bond motifs is 1. The topological polar surface area (TPSA) is 132 Å². The number of hydrogen-bond donors (Lipinski definition) is 1. The molecule has 11 heteroatoms. The molecule has 4 aromatic carbocycles. The monoisotopic (exact) mass is 705 g/mol. The van der Waals surface area contributed by atoms with E-state index >= 15 is 0 Å². The molecule has 0 saturated carbocycles. The van der Waals surface area contributed by atoms with Gasteiger partial charge in [-0.2, -0.15) is 0 Å². The van der Waals surface area contributed by atoms with Crippen molar-refractivity contribution in [3.05, 3.63) is 118 Å². The summed E-state index contributed by atoms with van der Waals surface area (Å²) in [6.45, 7) is 7.10. The van der Waals surface area contributed by atoms with E-state index in [1.165, 1.54) is 22.9 Å². The summed E-state index contributed by atoms with van der Waals surface area (Å²) in [7, 11) is 4.65. The highest BCUT2D eigenvalue weighted by molar-refractivity contribution is 6.12. The van der Waals surface area contributed by atoms with E-state index in [-0.39, 0.29) is 36.3 Å². The van der Waals surface area contributed by atoms with Crippen LogP contribution in [-0.2, 0) is 31.0 Å². The Morgan fingerprint density at radius 3 is 2.25 bits per heavy atom. The van der Waals surface area contributed by atoms with Crippen LogP contribution in [-0.4, -0.2) is 79.9 Å². The van der Waals surface area contributed by atoms with Crippen LogP contribution in [0.1, 0.15) is 68.5 Å². The predicted octanol–water partition coefficient (Wildman–Crippen LogP) is 6.03. The van der Waals surface area contributed by atoms with Gasteiger partial charge in [0.05, 0.1) is 30.4 Å². The fraction of sp³-hybridized carbons (Fsp3) is 0.293. The SMILES string of the molecule is CCOC(=O)[C@]1(COC(=O)Cc2ccc(NC(=O)c3ccc(C)cc3-c3ccc(OC(C)C)cc3)c(C(=O)N(C)C)c2)c2ccccc2C(=O)N1C. The highest BCUT2D eigenvalue weighted by Gasteiger charge is 2.55. The van der Waals surface area contributed by atoms with E-state index in [0.717, 1.165) is 16.9 Å². The van der Waals surface area contributed by atoms with Gasteiger partial charge in [-0.25, -0.2) is 4.79 Å². The van der Waals surface area contributed by atoms with Gasteiger partial charge in [0.15, 0.2) is 0 Å². The van der Waals surface area contributed by atoms with Gasteiger partial charge in [-0.3, -0.25) is 19.2 Å². The number of amides is 3. The minimum absolute atomic E-state index is 0.0229. The maximum atomic E-state index is 13.8. The first-order valence-electron chi connectivity index (χ1n) is 17.0. The highest BCUT2D eigenvalue weighted by Crippen LogP contribution is 2.40. The third kappa shape index (κ3) is 7.53. The number of aryl methyl sites for hydroxylation is 1. The van der Waals surface area contributed by atoms with Gasteiger partial charge in [-0.05, 0) is 80.8 Å². The number of anilines is 1. The van der Waals surface area contributed by atoms with Crippen molar-refractivity contribution in [3.8, 4) is 16.9 Å². The molecule has 3 amide bonds. The molecule has 0 aromatic heterocycles. The molecule has 1 N–H and O–H groups in total. The number of nitrogens with one attached hydrogen (secondary N) is 1. The molecule has 1 aliphatic heterocycles. The molecular weight excluding hydrogens is 662 g/mol. The van der Waals surface area contributed by atoms with E-state index in [9.17, 15) is 24.0 Å². The number of rotatable bonds is 12. The summed E-state index contributed by atoms with van der Waals surface area (Å²) in [6.07, 6.45) is -0.228. The first kappa shape index (κ1) is 37.3. The molecule has 0 saturated heterocycles. The van der Waals surface area contributed by atoms with Crippen LogP contribution in [0.2, 0.25) is 0 Å². The van der Waals surface area contributed by atoms with Crippen LogP contribution in [0, 0.1) is 6.92 Å². The number of esters is 2. The summed E-state index contributed by atoms with van der Waals surface area (Å²) in [6, 6.07) is 24.4. The first-order chi connectivity index (χ1) is 24.8. The van der Waals surface area contributed by atoms with Crippen LogP contribution in [0.3, 0.4) is 0 Å². The Hall–Kier alpha value is -5.97. The molecule has 0 radical (unpaired) electrons. The summed E-state index contributed by atoms with van der Waals surface area (Å²) in [5.74, 6) is -1.88. The van der Waals surface area contributed by atoms with Crippen LogP contribution < -0.4 is 10.1 Å². The molecule has 0 fully saturated rings. The van der Waals surface area contributed by atoms with E-state index in [1.807, 2.05) is 57.2 Å². The quantitative estimate of drug-likeness (QED) is 0.177. The number of hydrogen-bond acceptors (Lipinski definition) is 8. The minimum Gasteiger partial charge on any atom is -0.491 e. The van der Waals surface area contributed by atoms with Gasteiger partial charge in [-0.1, -0.05) is 54.1 Å². The Morgan fingerprint density at radius 2 is 1.58 bits per heavy atom. The predicted molar refractivity (Wildman–Crippen MR) is 196 cm³/mol. The average molecular weight is 706 g/mol. The summed E-state index contributed by atoms with van der Waals surface area (Å²) in [4.78, 5) is 69.5. The van der Waals surface area contributed by atoms with Crippen LogP contribution in [0.4, 0.5) is 5.69 Å². The van der Waals surface area contributed by atoms with Gasteiger partial charge in [0.25, 0.3) is 17.7 Å². The van der Waals surface area contributed by atoms with Gasteiger partial charge in [0.1, 0.15) is 12.4 Å². The van der Waals surface area contributed by atoms with Crippen molar-refractivity contribution in [1.82, 2.24) is 9.80 Å². The van der Waals surface area contributed by atoms with E-state index < -0.39 is 35.9 Å². The number of benzene rings is 4. The average Bonchev–Trinajstić information content (AvgIpc) is 3.33. The Labute approximate surface area is 303 Å². The summed E-state index contributed by atoms with van der Waals surface area (Å²) in [5.41, 5.74) is 2.85. The maximum Gasteiger partial charge on any atom is 0.340 e. The molecule has 0 unspecified atom stereocenters. The Balaban J connectivity index is 1.38. The zero-order valence-electron chi connectivity index (χ0n) is 30.4. The third-order valence-electron chi connectivity index (χ3n) is 8.81. The second-order valence-electron chi connectivity index (χ2n) is 13.1. The summed E-state index contributed by atoms with van der Waals surface area (Å²) >= 11 is 0. The number of carbonyl (C=O) groups is 5. The lowest BCUT2D eigenvalue weighted by molar-refractivity contribution is -0.163. The number of ether oxygens (including phenoxy) is 3. The Bertz CT molecular complexity index is 2020. The van der Waals surface area contributed by atoms with Crippen LogP contribution in [0.15, 0.2) is 84.9 Å². The normalized spacial score (nSPS) is 14.8. The minimum atomic E-state index is -1.65. The zero-order chi connectivity index (χ0) is 37.7. The highest BCUT2D eigenvalue weighted by atomic mass is 16.6. The molecule has 11 nitrogen and oxygen atoms in total. The number of nitrogens with zero attached hydrogens (tertiary/aromatic N) is 2. The second kappa shape index (κ2) is 15.5. The summed E-state index contributed by atoms with van der Waals surface area (Å²) in [5, 5.41) is 2.90. The van der Waals surface area contributed by atoms with Gasteiger partial charge in [-0.15, -0.1) is 0 Å². The molecule has 270 valence electrons. The van der Waals surface area contributed by atoms with Crippen LogP contribution >= 0.6 is 0 Å². The van der Waals surface area contributed by atoms with Crippen molar-refractivity contribution in [2.75, 3.05) is 39.7 Å². The van der Waals surface area contributed by atoms with Gasteiger partial charge >= 0.3 is 11.9 Å². The number of carbonyl (C=O) groups excluding carboxylic acids is 5. The van der Waals surface area contributed by atoms with Crippen molar-refractivity contribution in [3.63, 3.8) is 0 Å². The standard InChI is InChI=1S/C41H43N3O8/c1-8-50-40(49)41(34-12-10-9-11-31(34)39(48)44(41)7)24-51-36(45)23-27-14-20-35(33(22-27)38(47)43(5)6)42-37(46)30-19-13-26(4)21-32(30)28-15-17-29(18-16-28)52-25(2)3/h9-22,25H,8,23-24H2,1-7H3,(H,42,46)/t41-/m0/s1. The lowest BCUT2D eigenvalue weighted by atomic mass is 9.90. The van der Waals surface area contributed by atoms with Crippen molar-refractivity contribution >= 4 is 35.3 Å². The van der Waals surface area contributed by atoms with Crippen molar-refractivity contribution in [2.24, 2.45) is 0 Å². The third-order valence-corrected chi connectivity index (χ3v) is 8.81. The maximum absolute atomic E-state index is 13.8. The summed E-state index contributed by atoms with van der Waals surface area (Å²) < 4.78 is 16.8. The van der Waals surface area contributed by atoms with Crippen molar-refractivity contribution in [1.29, 1.82) is 0 Å². The molecule has 0 aliphatic carbocycles. The molecule has 1 atom stereocenters. The largest absolute Gasteiger partial charge is 0.491 e. The first-order valence-corrected chi connectivity index (χ1v) is 17.0. The number of likely N-dealkylation sites (N-methyl/N-ethyl adjacent to an activating group) is 1. The second-order valence-corrected chi connectivity index (χ2v) is 13.1. The fourth-order valence-electron chi connectivity index (χ4n) is 6.20. The van der Waals surface area contributed by atoms with E-state index in [4.69, 9.17) is 14.2 Å². The lowest BCUT2D eigenvalue weighted by Gasteiger charge is -2.33. The van der Waals surface area contributed by atoms with Gasteiger partial charge in [0, 0.05) is 37.8 Å². The molecule has 52 heavy (non-hydrogen) atoms. The van der Waals surface area contributed by atoms with E-state index in [2.05, 4.69) is 5.32 Å². The van der Waals surface area contributed by atoms with E-state index in [0.29, 0.717) is 27.8 Å². The molecular formula is C41H43N3O8. The fourth-order valence-corrected chi connectivity index (χ4v) is 6.20. The molecule has 1 aliphatic rings. The van der Waals surface area contributed by atoms with Gasteiger partial charge < -0.3 is 29.3 Å². The molecule has 0 bridgehead atoms. The van der Waals surface area contributed by atoms with Crippen LogP contribution in [0.25, 0.3) is 11.1 Å².